The third-order valence-corrected chi connectivity index (χ3v) is 3.31. The number of quaternary nitrogens is 1. The van der Waals surface area contributed by atoms with Crippen LogP contribution in [0.3, 0.4) is 0 Å². The smallest absolute Gasteiger partial charge is 0.127 e. The summed E-state index contributed by atoms with van der Waals surface area (Å²) in [6, 6.07) is 6.76. The van der Waals surface area contributed by atoms with Crippen molar-refractivity contribution in [3.05, 3.63) is 29.8 Å². The second-order valence-corrected chi connectivity index (χ2v) is 6.30. The highest BCUT2D eigenvalue weighted by Crippen LogP contribution is 2.17. The fourth-order valence-corrected chi connectivity index (χ4v) is 1.92. The van der Waals surface area contributed by atoms with Crippen molar-refractivity contribution in [1.82, 2.24) is 0 Å². The van der Waals surface area contributed by atoms with Crippen LogP contribution in [0.5, 0.6) is 5.75 Å². The molecule has 0 amide bonds. The Morgan fingerprint density at radius 2 is 1.52 bits per heavy atom. The minimum absolute atomic E-state index is 0.0787. The number of para-hydroxylation sites is 1. The van der Waals surface area contributed by atoms with Gasteiger partial charge in [0.15, 0.2) is 0 Å². The zero-order valence-corrected chi connectivity index (χ0v) is 17.4. The van der Waals surface area contributed by atoms with Crippen molar-refractivity contribution < 1.29 is 49.6 Å². The van der Waals surface area contributed by atoms with Crippen LogP contribution in [0.4, 0.5) is 0 Å². The molecule has 0 fully saturated rings. The first-order chi connectivity index (χ1) is 13.4. The van der Waals surface area contributed by atoms with Gasteiger partial charge >= 0.3 is 0 Å². The van der Waals surface area contributed by atoms with E-state index in [0.29, 0.717) is 11.8 Å². The Labute approximate surface area is 170 Å². The van der Waals surface area contributed by atoms with E-state index in [9.17, 15) is 29.7 Å². The van der Waals surface area contributed by atoms with Crippen molar-refractivity contribution in [2.75, 3.05) is 27.9 Å². The van der Waals surface area contributed by atoms with Crippen molar-refractivity contribution in [2.24, 2.45) is 0 Å². The van der Waals surface area contributed by atoms with Gasteiger partial charge in [-0.2, -0.15) is 0 Å². The average Bonchev–Trinajstić information content (AvgIpc) is 2.61. The molecule has 166 valence electrons. The van der Waals surface area contributed by atoms with Crippen molar-refractivity contribution in [2.45, 2.75) is 38.3 Å². The Bertz CT molecular complexity index is 616. The molecule has 0 aliphatic rings. The van der Waals surface area contributed by atoms with Crippen LogP contribution in [0.25, 0.3) is 0 Å². The van der Waals surface area contributed by atoms with Gasteiger partial charge in [0.1, 0.15) is 11.8 Å². The van der Waals surface area contributed by atoms with Gasteiger partial charge in [-0.3, -0.25) is 0 Å². The lowest BCUT2D eigenvalue weighted by atomic mass is 9.98. The maximum Gasteiger partial charge on any atom is 0.127 e. The van der Waals surface area contributed by atoms with E-state index in [1.807, 2.05) is 6.92 Å². The number of carboxylic acid groups (broad SMARTS) is 3. The van der Waals surface area contributed by atoms with Crippen molar-refractivity contribution in [3.8, 4) is 5.75 Å². The van der Waals surface area contributed by atoms with Gasteiger partial charge in [-0.25, -0.2) is 0 Å². The molecule has 10 nitrogen and oxygen atoms in total. The summed E-state index contributed by atoms with van der Waals surface area (Å²) >= 11 is 0. The SMILES string of the molecule is COC(C)(CC(=O)[O-])CC(=O)[O-].COCC(C)[NH3+].COc1ccccc1C(=O)[O-]. The van der Waals surface area contributed by atoms with Crippen LogP contribution in [0, 0.1) is 0 Å². The van der Waals surface area contributed by atoms with E-state index in [1.54, 1.807) is 25.3 Å². The lowest BCUT2D eigenvalue weighted by Crippen LogP contribution is -2.61. The summed E-state index contributed by atoms with van der Waals surface area (Å²) in [6.45, 7) is 4.15. The summed E-state index contributed by atoms with van der Waals surface area (Å²) in [5.74, 6) is -3.59. The van der Waals surface area contributed by atoms with Gasteiger partial charge in [-0.15, -0.1) is 0 Å². The quantitative estimate of drug-likeness (QED) is 0.440. The number of hydrogen-bond acceptors (Lipinski definition) is 9. The van der Waals surface area contributed by atoms with Gasteiger partial charge in [0.05, 0.1) is 25.3 Å². The Morgan fingerprint density at radius 1 is 1.03 bits per heavy atom. The largest absolute Gasteiger partial charge is 0.550 e. The molecule has 0 aliphatic carbocycles. The van der Waals surface area contributed by atoms with Crippen LogP contribution in [0.2, 0.25) is 0 Å². The van der Waals surface area contributed by atoms with E-state index in [4.69, 9.17) is 14.2 Å². The fourth-order valence-electron chi connectivity index (χ4n) is 1.92. The van der Waals surface area contributed by atoms with Gasteiger partial charge in [0.25, 0.3) is 0 Å². The fraction of sp³-hybridized carbons (Fsp3) is 0.526. The lowest BCUT2D eigenvalue weighted by Gasteiger charge is -2.28. The average molecular weight is 415 g/mol. The summed E-state index contributed by atoms with van der Waals surface area (Å²) in [6.07, 6.45) is -0.922. The third kappa shape index (κ3) is 15.0. The highest BCUT2D eigenvalue weighted by atomic mass is 16.5. The molecule has 0 bridgehead atoms. The predicted molar refractivity (Wildman–Crippen MR) is 96.2 cm³/mol. The summed E-state index contributed by atoms with van der Waals surface area (Å²) in [7, 11) is 4.34. The monoisotopic (exact) mass is 415 g/mol. The molecule has 1 unspecified atom stereocenters. The number of methoxy groups -OCH3 is 3. The predicted octanol–water partition coefficient (Wildman–Crippen LogP) is -3.01. The van der Waals surface area contributed by atoms with E-state index in [0.717, 1.165) is 6.61 Å². The van der Waals surface area contributed by atoms with Gasteiger partial charge in [-0.1, -0.05) is 12.1 Å². The number of carbonyl (C=O) groups is 3. The van der Waals surface area contributed by atoms with Crippen LogP contribution in [-0.2, 0) is 19.1 Å². The second kappa shape index (κ2) is 15.3. The molecular weight excluding hydrogens is 386 g/mol. The zero-order valence-electron chi connectivity index (χ0n) is 17.4. The molecular formula is C19H29NO9-2. The number of hydrogen-bond donors (Lipinski definition) is 1. The molecule has 1 atom stereocenters. The number of rotatable bonds is 9. The standard InChI is InChI=1S/C8H8O3.C7H12O5.C4H11NO/c1-11-7-5-3-2-4-6(7)8(9)10;1-7(12-2,3-5(8)9)4-6(10)11;1-4(5)3-6-2/h2-5H,1H3,(H,9,10);3-4H2,1-2H3,(H,8,9)(H,10,11);4H,3,5H2,1-2H3/p-2. The van der Waals surface area contributed by atoms with Crippen LogP contribution in [0.1, 0.15) is 37.0 Å². The molecule has 0 heterocycles. The maximum absolute atomic E-state index is 10.4. The van der Waals surface area contributed by atoms with E-state index < -0.39 is 36.4 Å². The second-order valence-electron chi connectivity index (χ2n) is 6.30. The minimum atomic E-state index is -1.35. The first-order valence-electron chi connectivity index (χ1n) is 8.53. The zero-order chi connectivity index (χ0) is 23.0. The van der Waals surface area contributed by atoms with E-state index in [1.165, 1.54) is 27.2 Å². The van der Waals surface area contributed by atoms with Crippen molar-refractivity contribution in [1.29, 1.82) is 0 Å². The van der Waals surface area contributed by atoms with E-state index >= 15 is 0 Å². The molecule has 1 aromatic rings. The van der Waals surface area contributed by atoms with Gasteiger partial charge < -0.3 is 49.6 Å². The molecule has 10 heteroatoms. The van der Waals surface area contributed by atoms with Crippen LogP contribution >= 0.6 is 0 Å². The summed E-state index contributed by atoms with van der Waals surface area (Å²) in [5, 5.41) is 30.7. The lowest BCUT2D eigenvalue weighted by molar-refractivity contribution is -0.420. The van der Waals surface area contributed by atoms with Crippen LogP contribution in [0.15, 0.2) is 24.3 Å². The summed E-state index contributed by atoms with van der Waals surface area (Å²) < 4.78 is 14.2. The summed E-state index contributed by atoms with van der Waals surface area (Å²) in [4.78, 5) is 30.7. The third-order valence-electron chi connectivity index (χ3n) is 3.31. The number of aromatic carboxylic acids is 1. The Hall–Kier alpha value is -2.69. The molecule has 0 saturated carbocycles. The Balaban J connectivity index is 0. The topological polar surface area (TPSA) is 176 Å². The van der Waals surface area contributed by atoms with Gasteiger partial charge in [0, 0.05) is 44.6 Å². The van der Waals surface area contributed by atoms with Crippen molar-refractivity contribution in [3.63, 3.8) is 0 Å². The molecule has 3 N–H and O–H groups in total. The van der Waals surface area contributed by atoms with Crippen LogP contribution in [-0.4, -0.2) is 57.5 Å². The number of aliphatic carboxylic acids is 2. The molecule has 1 aromatic carbocycles. The minimum Gasteiger partial charge on any atom is -0.550 e. The summed E-state index contributed by atoms with van der Waals surface area (Å²) in [5.41, 5.74) is 2.54. The molecule has 0 radical (unpaired) electrons. The first kappa shape index (κ1) is 28.5. The Kier molecular flexibility index (Phi) is 15.0. The molecule has 0 spiro atoms. The number of carbonyl (C=O) groups excluding carboxylic acids is 3. The molecule has 0 aliphatic heterocycles. The van der Waals surface area contributed by atoms with E-state index in [2.05, 4.69) is 5.73 Å². The highest BCUT2D eigenvalue weighted by molar-refractivity contribution is 5.89. The van der Waals surface area contributed by atoms with Crippen molar-refractivity contribution >= 4 is 17.9 Å². The number of benzene rings is 1. The molecule has 0 aromatic heterocycles. The molecule has 1 rings (SSSR count). The highest BCUT2D eigenvalue weighted by Gasteiger charge is 2.23. The Morgan fingerprint density at radius 3 is 1.76 bits per heavy atom. The van der Waals surface area contributed by atoms with E-state index in [-0.39, 0.29) is 5.56 Å². The first-order valence-corrected chi connectivity index (χ1v) is 8.53. The van der Waals surface area contributed by atoms with Gasteiger partial charge in [0.2, 0.25) is 0 Å². The van der Waals surface area contributed by atoms with Crippen LogP contribution < -0.4 is 25.8 Å². The number of ether oxygens (including phenoxy) is 3. The molecule has 29 heavy (non-hydrogen) atoms. The normalized spacial score (nSPS) is 11.1. The number of carboxylic acids is 3. The van der Waals surface area contributed by atoms with Gasteiger partial charge in [-0.05, 0) is 26.0 Å². The molecule has 0 saturated heterocycles. The maximum atomic E-state index is 10.4.